The number of hydrogen-bond acceptors (Lipinski definition) is 3. The average Bonchev–Trinajstić information content (AvgIpc) is 3.14. The lowest BCUT2D eigenvalue weighted by Crippen LogP contribution is -2.33. The van der Waals surface area contributed by atoms with Crippen LogP contribution in [0.15, 0.2) is 23.1 Å². The van der Waals surface area contributed by atoms with E-state index in [1.165, 1.54) is 0 Å². The Morgan fingerprint density at radius 2 is 2.11 bits per heavy atom. The minimum absolute atomic E-state index is 0.164. The number of rotatable bonds is 5. The van der Waals surface area contributed by atoms with Gasteiger partial charge in [-0.25, -0.2) is 8.42 Å². The molecule has 18 heavy (non-hydrogen) atoms. The monoisotopic (exact) mass is 288 g/mol. The molecule has 0 unspecified atom stereocenters. The Morgan fingerprint density at radius 1 is 1.44 bits per heavy atom. The summed E-state index contributed by atoms with van der Waals surface area (Å²) in [5.41, 5.74) is 6.21. The van der Waals surface area contributed by atoms with Crippen LogP contribution in [0.5, 0.6) is 0 Å². The fourth-order valence-electron chi connectivity index (χ4n) is 1.99. The molecule has 1 aromatic rings. The van der Waals surface area contributed by atoms with Gasteiger partial charge in [-0.1, -0.05) is 18.5 Å². The highest BCUT2D eigenvalue weighted by Gasteiger charge is 2.36. The molecule has 2 N–H and O–H groups in total. The minimum Gasteiger partial charge on any atom is -0.326 e. The van der Waals surface area contributed by atoms with Gasteiger partial charge in [-0.15, -0.1) is 0 Å². The van der Waals surface area contributed by atoms with Crippen LogP contribution in [0.4, 0.5) is 0 Å². The van der Waals surface area contributed by atoms with E-state index in [2.05, 4.69) is 0 Å². The van der Waals surface area contributed by atoms with Crippen LogP contribution in [-0.2, 0) is 16.6 Å². The second-order valence-electron chi connectivity index (χ2n) is 4.40. The number of sulfonamides is 1. The lowest BCUT2D eigenvalue weighted by Gasteiger charge is -2.20. The smallest absolute Gasteiger partial charge is 0.243 e. The maximum Gasteiger partial charge on any atom is 0.243 e. The molecule has 4 nitrogen and oxygen atoms in total. The van der Waals surface area contributed by atoms with Crippen LogP contribution in [0, 0.1) is 0 Å². The SMILES string of the molecule is CCN(C1CC1)S(=O)(=O)c1ccc(Cl)c(CN)c1. The van der Waals surface area contributed by atoms with Crippen LogP contribution >= 0.6 is 11.6 Å². The highest BCUT2D eigenvalue weighted by atomic mass is 35.5. The molecule has 0 atom stereocenters. The normalized spacial score (nSPS) is 16.2. The average molecular weight is 289 g/mol. The van der Waals surface area contributed by atoms with E-state index >= 15 is 0 Å². The number of nitrogens with zero attached hydrogens (tertiary/aromatic N) is 1. The highest BCUT2D eigenvalue weighted by molar-refractivity contribution is 7.89. The summed E-state index contributed by atoms with van der Waals surface area (Å²) >= 11 is 5.95. The molecule has 1 aromatic carbocycles. The Hall–Kier alpha value is -0.620. The summed E-state index contributed by atoms with van der Waals surface area (Å²) in [6.07, 6.45) is 1.90. The van der Waals surface area contributed by atoms with Gasteiger partial charge >= 0.3 is 0 Å². The van der Waals surface area contributed by atoms with Crippen molar-refractivity contribution in [1.82, 2.24) is 4.31 Å². The van der Waals surface area contributed by atoms with Crippen molar-refractivity contribution in [1.29, 1.82) is 0 Å². The fraction of sp³-hybridized carbons (Fsp3) is 0.500. The van der Waals surface area contributed by atoms with Crippen LogP contribution in [-0.4, -0.2) is 25.3 Å². The molecule has 0 radical (unpaired) electrons. The molecule has 1 saturated carbocycles. The number of halogens is 1. The molecule has 0 amide bonds. The summed E-state index contributed by atoms with van der Waals surface area (Å²) in [6.45, 7) is 2.58. The van der Waals surface area contributed by atoms with Gasteiger partial charge in [0, 0.05) is 24.2 Å². The van der Waals surface area contributed by atoms with Gasteiger partial charge in [-0.3, -0.25) is 0 Å². The van der Waals surface area contributed by atoms with Gasteiger partial charge in [0.2, 0.25) is 10.0 Å². The van der Waals surface area contributed by atoms with Crippen LogP contribution in [0.1, 0.15) is 25.3 Å². The molecule has 0 aliphatic heterocycles. The first-order valence-electron chi connectivity index (χ1n) is 6.01. The van der Waals surface area contributed by atoms with Crippen LogP contribution in [0.25, 0.3) is 0 Å². The second-order valence-corrected chi connectivity index (χ2v) is 6.69. The molecular weight excluding hydrogens is 272 g/mol. The molecule has 0 heterocycles. The Balaban J connectivity index is 2.40. The Kier molecular flexibility index (Phi) is 3.96. The summed E-state index contributed by atoms with van der Waals surface area (Å²) in [4.78, 5) is 0.279. The lowest BCUT2D eigenvalue weighted by atomic mass is 10.2. The highest BCUT2D eigenvalue weighted by Crippen LogP contribution is 2.32. The molecule has 0 spiro atoms. The van der Waals surface area contributed by atoms with E-state index in [0.29, 0.717) is 17.1 Å². The van der Waals surface area contributed by atoms with Crippen molar-refractivity contribution in [3.05, 3.63) is 28.8 Å². The minimum atomic E-state index is -3.42. The zero-order valence-corrected chi connectivity index (χ0v) is 11.8. The number of hydrogen-bond donors (Lipinski definition) is 1. The zero-order chi connectivity index (χ0) is 13.3. The zero-order valence-electron chi connectivity index (χ0n) is 10.3. The Bertz CT molecular complexity index is 541. The van der Waals surface area contributed by atoms with Crippen molar-refractivity contribution in [3.63, 3.8) is 0 Å². The molecule has 1 aliphatic carbocycles. The van der Waals surface area contributed by atoms with Crippen molar-refractivity contribution < 1.29 is 8.42 Å². The van der Waals surface area contributed by atoms with Crippen molar-refractivity contribution in [3.8, 4) is 0 Å². The van der Waals surface area contributed by atoms with Gasteiger partial charge in [-0.05, 0) is 36.6 Å². The first-order chi connectivity index (χ1) is 8.50. The van der Waals surface area contributed by atoms with E-state index in [1.54, 1.807) is 22.5 Å². The summed E-state index contributed by atoms with van der Waals surface area (Å²) < 4.78 is 26.5. The van der Waals surface area contributed by atoms with Gasteiger partial charge in [0.1, 0.15) is 0 Å². The summed E-state index contributed by atoms with van der Waals surface area (Å²) in [6, 6.07) is 4.87. The van der Waals surface area contributed by atoms with E-state index in [1.807, 2.05) is 6.92 Å². The Labute approximate surface area is 113 Å². The largest absolute Gasteiger partial charge is 0.326 e. The molecular formula is C12H17ClN2O2S. The second kappa shape index (κ2) is 5.17. The molecule has 0 bridgehead atoms. The first kappa shape index (κ1) is 13.8. The maximum absolute atomic E-state index is 12.5. The fourth-order valence-corrected chi connectivity index (χ4v) is 3.93. The predicted molar refractivity (Wildman–Crippen MR) is 71.9 cm³/mol. The molecule has 100 valence electrons. The topological polar surface area (TPSA) is 63.4 Å². The van der Waals surface area contributed by atoms with Gasteiger partial charge in [0.05, 0.1) is 4.90 Å². The third-order valence-corrected chi connectivity index (χ3v) is 5.50. The van der Waals surface area contributed by atoms with Gasteiger partial charge < -0.3 is 5.73 Å². The van der Waals surface area contributed by atoms with Crippen molar-refractivity contribution in [2.75, 3.05) is 6.54 Å². The van der Waals surface area contributed by atoms with Crippen LogP contribution < -0.4 is 5.73 Å². The third kappa shape index (κ3) is 2.54. The maximum atomic E-state index is 12.5. The van der Waals surface area contributed by atoms with Crippen molar-refractivity contribution >= 4 is 21.6 Å². The van der Waals surface area contributed by atoms with Crippen molar-refractivity contribution in [2.45, 2.75) is 37.2 Å². The van der Waals surface area contributed by atoms with E-state index in [0.717, 1.165) is 12.8 Å². The van der Waals surface area contributed by atoms with Crippen molar-refractivity contribution in [2.24, 2.45) is 5.73 Å². The van der Waals surface area contributed by atoms with E-state index in [-0.39, 0.29) is 17.5 Å². The van der Waals surface area contributed by atoms with E-state index < -0.39 is 10.0 Å². The van der Waals surface area contributed by atoms with Gasteiger partial charge in [-0.2, -0.15) is 4.31 Å². The Morgan fingerprint density at radius 3 is 2.61 bits per heavy atom. The predicted octanol–water partition coefficient (Wildman–Crippen LogP) is 1.97. The summed E-state index contributed by atoms with van der Waals surface area (Å²) in [7, 11) is -3.42. The third-order valence-electron chi connectivity index (χ3n) is 3.11. The van der Waals surface area contributed by atoms with Gasteiger partial charge in [0.25, 0.3) is 0 Å². The molecule has 0 aromatic heterocycles. The first-order valence-corrected chi connectivity index (χ1v) is 7.82. The molecule has 1 fully saturated rings. The van der Waals surface area contributed by atoms with Gasteiger partial charge in [0.15, 0.2) is 0 Å². The van der Waals surface area contributed by atoms with E-state index in [9.17, 15) is 8.42 Å². The van der Waals surface area contributed by atoms with Crippen LogP contribution in [0.2, 0.25) is 5.02 Å². The van der Waals surface area contributed by atoms with E-state index in [4.69, 9.17) is 17.3 Å². The molecule has 1 aliphatic rings. The quantitative estimate of drug-likeness (QED) is 0.901. The standard InChI is InChI=1S/C12H17ClN2O2S/c1-2-15(10-3-4-10)18(16,17)11-5-6-12(13)9(7-11)8-14/h5-7,10H,2-4,8,14H2,1H3. The number of nitrogens with two attached hydrogens (primary N) is 1. The summed E-state index contributed by atoms with van der Waals surface area (Å²) in [5.74, 6) is 0. The molecule has 6 heteroatoms. The van der Waals surface area contributed by atoms with Crippen LogP contribution in [0.3, 0.4) is 0 Å². The molecule has 0 saturated heterocycles. The number of benzene rings is 1. The lowest BCUT2D eigenvalue weighted by molar-refractivity contribution is 0.421. The molecule has 2 rings (SSSR count). The summed E-state index contributed by atoms with van der Waals surface area (Å²) in [5, 5.41) is 0.505.